The second-order valence-electron chi connectivity index (χ2n) is 7.61. The van der Waals surface area contributed by atoms with Gasteiger partial charge in [0, 0.05) is 35.8 Å². The van der Waals surface area contributed by atoms with E-state index in [1.54, 1.807) is 32.3 Å². The van der Waals surface area contributed by atoms with Crippen molar-refractivity contribution in [3.8, 4) is 22.5 Å². The lowest BCUT2D eigenvalue weighted by Gasteiger charge is -2.11. The van der Waals surface area contributed by atoms with Gasteiger partial charge in [-0.25, -0.2) is 9.97 Å². The van der Waals surface area contributed by atoms with Gasteiger partial charge in [-0.2, -0.15) is 0 Å². The van der Waals surface area contributed by atoms with Gasteiger partial charge in [0.25, 0.3) is 11.5 Å². The van der Waals surface area contributed by atoms with E-state index in [0.29, 0.717) is 17.9 Å². The molecule has 0 fully saturated rings. The fraction of sp³-hybridized carbons (Fsp3) is 0.160. The lowest BCUT2D eigenvalue weighted by molar-refractivity contribution is 0.0948. The molecule has 1 aromatic carbocycles. The van der Waals surface area contributed by atoms with Crippen LogP contribution in [0.15, 0.2) is 65.7 Å². The number of carbonyl (C=O) groups excluding carboxylic acids is 1. The molecule has 0 atom stereocenters. The topological polar surface area (TPSA) is 101 Å². The van der Waals surface area contributed by atoms with E-state index < -0.39 is 5.91 Å². The number of aromatic nitrogens is 4. The molecule has 0 spiro atoms. The van der Waals surface area contributed by atoms with Crippen LogP contribution in [0, 0.1) is 20.8 Å². The minimum Gasteiger partial charge on any atom is -0.348 e. The highest BCUT2D eigenvalue weighted by atomic mass is 16.2. The molecule has 2 N–H and O–H groups in total. The highest BCUT2D eigenvalue weighted by Gasteiger charge is 2.15. The van der Waals surface area contributed by atoms with E-state index in [2.05, 4.69) is 25.3 Å². The third-order valence-corrected chi connectivity index (χ3v) is 5.12. The summed E-state index contributed by atoms with van der Waals surface area (Å²) in [6, 6.07) is 15.3. The molecule has 0 aliphatic carbocycles. The molecule has 0 bridgehead atoms. The number of benzene rings is 1. The van der Waals surface area contributed by atoms with Crippen LogP contribution in [0.3, 0.4) is 0 Å². The van der Waals surface area contributed by atoms with E-state index in [-0.39, 0.29) is 11.1 Å². The first-order chi connectivity index (χ1) is 15.4. The SMILES string of the molecule is Cc1ncc(-c2ccccn2)c(-c2ccc(CNC(=O)c3c(C)cc(C)[nH]c3=O)cc2)n1. The Morgan fingerprint density at radius 2 is 1.81 bits per heavy atom. The first-order valence-electron chi connectivity index (χ1n) is 10.3. The molecule has 0 aliphatic heterocycles. The highest BCUT2D eigenvalue weighted by Crippen LogP contribution is 2.28. The summed E-state index contributed by atoms with van der Waals surface area (Å²) in [6.45, 7) is 5.71. The van der Waals surface area contributed by atoms with Gasteiger partial charge in [0.15, 0.2) is 0 Å². The number of pyridine rings is 2. The smallest absolute Gasteiger partial charge is 0.261 e. The number of aryl methyl sites for hydroxylation is 3. The molecule has 0 aliphatic rings. The van der Waals surface area contributed by atoms with E-state index in [0.717, 1.165) is 33.8 Å². The monoisotopic (exact) mass is 425 g/mol. The standard InChI is InChI=1S/C25H23N5O2/c1-15-12-16(2)29-25(32)22(15)24(31)28-13-18-7-9-19(10-8-18)23-20(14-27-17(3)30-23)21-6-4-5-11-26-21/h4-12,14H,13H2,1-3H3,(H,28,31)(H,29,32). The Morgan fingerprint density at radius 3 is 2.50 bits per heavy atom. The summed E-state index contributed by atoms with van der Waals surface area (Å²) < 4.78 is 0. The normalized spacial score (nSPS) is 10.7. The quantitative estimate of drug-likeness (QED) is 0.507. The molecular weight excluding hydrogens is 402 g/mol. The van der Waals surface area contributed by atoms with Crippen molar-refractivity contribution in [1.29, 1.82) is 0 Å². The van der Waals surface area contributed by atoms with Crippen LogP contribution >= 0.6 is 0 Å². The molecule has 4 rings (SSSR count). The Morgan fingerprint density at radius 1 is 1.03 bits per heavy atom. The van der Waals surface area contributed by atoms with Crippen molar-refractivity contribution in [3.63, 3.8) is 0 Å². The molecule has 3 heterocycles. The van der Waals surface area contributed by atoms with Gasteiger partial charge in [-0.15, -0.1) is 0 Å². The maximum absolute atomic E-state index is 12.5. The average Bonchev–Trinajstić information content (AvgIpc) is 2.78. The van der Waals surface area contributed by atoms with Crippen molar-refractivity contribution in [2.24, 2.45) is 0 Å². The molecule has 7 heteroatoms. The molecule has 0 unspecified atom stereocenters. The second-order valence-corrected chi connectivity index (χ2v) is 7.61. The molecule has 32 heavy (non-hydrogen) atoms. The van der Waals surface area contributed by atoms with Crippen molar-refractivity contribution >= 4 is 5.91 Å². The number of carbonyl (C=O) groups is 1. The van der Waals surface area contributed by atoms with E-state index in [9.17, 15) is 9.59 Å². The number of amides is 1. The van der Waals surface area contributed by atoms with Gasteiger partial charge in [0.1, 0.15) is 11.4 Å². The summed E-state index contributed by atoms with van der Waals surface area (Å²) >= 11 is 0. The van der Waals surface area contributed by atoms with Crippen molar-refractivity contribution in [1.82, 2.24) is 25.3 Å². The molecular formula is C25H23N5O2. The Balaban J connectivity index is 1.54. The third kappa shape index (κ3) is 4.46. The van der Waals surface area contributed by atoms with E-state index in [1.807, 2.05) is 49.4 Å². The van der Waals surface area contributed by atoms with Crippen LogP contribution in [0.1, 0.15) is 33.0 Å². The fourth-order valence-corrected chi connectivity index (χ4v) is 3.59. The maximum Gasteiger partial charge on any atom is 0.261 e. The summed E-state index contributed by atoms with van der Waals surface area (Å²) in [7, 11) is 0. The largest absolute Gasteiger partial charge is 0.348 e. The molecule has 1 amide bonds. The van der Waals surface area contributed by atoms with Gasteiger partial charge < -0.3 is 10.3 Å². The Hall–Kier alpha value is -4.13. The van der Waals surface area contributed by atoms with Crippen LogP contribution in [-0.4, -0.2) is 25.8 Å². The number of nitrogens with zero attached hydrogens (tertiary/aromatic N) is 3. The summed E-state index contributed by atoms with van der Waals surface area (Å²) in [5.41, 5.74) is 5.44. The minimum atomic E-state index is -0.392. The van der Waals surface area contributed by atoms with Crippen LogP contribution in [-0.2, 0) is 6.54 Å². The van der Waals surface area contributed by atoms with Crippen LogP contribution < -0.4 is 10.9 Å². The third-order valence-electron chi connectivity index (χ3n) is 5.12. The van der Waals surface area contributed by atoms with Crippen LogP contribution in [0.5, 0.6) is 0 Å². The summed E-state index contributed by atoms with van der Waals surface area (Å²) in [5.74, 6) is 0.284. The van der Waals surface area contributed by atoms with Crippen molar-refractivity contribution in [2.75, 3.05) is 0 Å². The van der Waals surface area contributed by atoms with Crippen LogP contribution in [0.4, 0.5) is 0 Å². The highest BCUT2D eigenvalue weighted by molar-refractivity contribution is 5.95. The zero-order valence-electron chi connectivity index (χ0n) is 18.1. The molecule has 7 nitrogen and oxygen atoms in total. The number of rotatable bonds is 5. The number of hydrogen-bond donors (Lipinski definition) is 2. The zero-order valence-corrected chi connectivity index (χ0v) is 18.1. The predicted molar refractivity (Wildman–Crippen MR) is 123 cm³/mol. The predicted octanol–water partition coefficient (Wildman–Crippen LogP) is 3.75. The average molecular weight is 425 g/mol. The number of nitrogens with one attached hydrogen (secondary N) is 2. The minimum absolute atomic E-state index is 0.142. The summed E-state index contributed by atoms with van der Waals surface area (Å²) in [5, 5.41) is 2.83. The molecule has 0 saturated heterocycles. The molecule has 0 radical (unpaired) electrons. The first-order valence-corrected chi connectivity index (χ1v) is 10.3. The van der Waals surface area contributed by atoms with E-state index in [4.69, 9.17) is 0 Å². The second kappa shape index (κ2) is 8.93. The van der Waals surface area contributed by atoms with E-state index >= 15 is 0 Å². The number of hydrogen-bond acceptors (Lipinski definition) is 5. The van der Waals surface area contributed by atoms with Crippen molar-refractivity contribution in [3.05, 3.63) is 99.5 Å². The number of aromatic amines is 1. The van der Waals surface area contributed by atoms with Crippen LogP contribution in [0.25, 0.3) is 22.5 Å². The van der Waals surface area contributed by atoms with Gasteiger partial charge in [-0.3, -0.25) is 14.6 Å². The first kappa shape index (κ1) is 21.1. The Kier molecular flexibility index (Phi) is 5.89. The summed E-state index contributed by atoms with van der Waals surface area (Å²) in [4.78, 5) is 40.8. The maximum atomic E-state index is 12.5. The van der Waals surface area contributed by atoms with Gasteiger partial charge in [0.2, 0.25) is 0 Å². The Bertz CT molecular complexity index is 1330. The van der Waals surface area contributed by atoms with Gasteiger partial charge in [-0.05, 0) is 50.1 Å². The number of H-pyrrole nitrogens is 1. The van der Waals surface area contributed by atoms with E-state index in [1.165, 1.54) is 0 Å². The lowest BCUT2D eigenvalue weighted by atomic mass is 10.0. The van der Waals surface area contributed by atoms with Gasteiger partial charge >= 0.3 is 0 Å². The van der Waals surface area contributed by atoms with Gasteiger partial charge in [-0.1, -0.05) is 30.3 Å². The molecule has 3 aromatic heterocycles. The van der Waals surface area contributed by atoms with Crippen molar-refractivity contribution < 1.29 is 4.79 Å². The zero-order chi connectivity index (χ0) is 22.7. The van der Waals surface area contributed by atoms with Crippen molar-refractivity contribution in [2.45, 2.75) is 27.3 Å². The Labute approximate surface area is 185 Å². The van der Waals surface area contributed by atoms with Gasteiger partial charge in [0.05, 0.1) is 11.4 Å². The molecule has 0 saturated carbocycles. The molecule has 4 aromatic rings. The fourth-order valence-electron chi connectivity index (χ4n) is 3.59. The van der Waals surface area contributed by atoms with Crippen LogP contribution in [0.2, 0.25) is 0 Å². The summed E-state index contributed by atoms with van der Waals surface area (Å²) in [6.07, 6.45) is 3.53. The molecule has 160 valence electrons. The lowest BCUT2D eigenvalue weighted by Crippen LogP contribution is -2.30.